The van der Waals surface area contributed by atoms with E-state index in [2.05, 4.69) is 38.8 Å². The first kappa shape index (κ1) is 15.5. The molecule has 1 amide bonds. The van der Waals surface area contributed by atoms with Crippen LogP contribution in [0.25, 0.3) is 0 Å². The maximum atomic E-state index is 10.7. The van der Waals surface area contributed by atoms with Gasteiger partial charge < -0.3 is 14.7 Å². The molecule has 1 aromatic heterocycles. The largest absolute Gasteiger partial charge is 0.355 e. The number of carbonyl (C=O) groups excluding carboxylic acids is 1. The van der Waals surface area contributed by atoms with E-state index in [-0.39, 0.29) is 0 Å². The molecule has 0 bridgehead atoms. The van der Waals surface area contributed by atoms with Crippen LogP contribution in [0.3, 0.4) is 0 Å². The molecule has 21 heavy (non-hydrogen) atoms. The average molecular weight is 292 g/mol. The molecule has 0 N–H and O–H groups in total. The van der Waals surface area contributed by atoms with E-state index in [4.69, 9.17) is 0 Å². The Bertz CT molecular complexity index is 441. The van der Waals surface area contributed by atoms with Crippen LogP contribution in [0.4, 0.5) is 11.8 Å². The highest BCUT2D eigenvalue weighted by Crippen LogP contribution is 2.15. The molecule has 7 nitrogen and oxygen atoms in total. The molecule has 1 saturated heterocycles. The Morgan fingerprint density at radius 3 is 2.43 bits per heavy atom. The van der Waals surface area contributed by atoms with Gasteiger partial charge in [-0.25, -0.2) is 0 Å². The lowest BCUT2D eigenvalue weighted by molar-refractivity contribution is -0.118. The van der Waals surface area contributed by atoms with Crippen molar-refractivity contribution in [2.75, 3.05) is 49.1 Å². The number of carbonyl (C=O) groups is 1. The third-order valence-corrected chi connectivity index (χ3v) is 3.59. The van der Waals surface area contributed by atoms with E-state index in [1.807, 2.05) is 0 Å². The highest BCUT2D eigenvalue weighted by molar-refractivity contribution is 5.48. The summed E-state index contributed by atoms with van der Waals surface area (Å²) in [5, 5.41) is 8.25. The van der Waals surface area contributed by atoms with Crippen LogP contribution in [0.2, 0.25) is 0 Å². The smallest absolute Gasteiger partial charge is 0.247 e. The number of nitrogens with zero attached hydrogens (tertiary/aromatic N) is 6. The third kappa shape index (κ3) is 4.03. The van der Waals surface area contributed by atoms with Crippen molar-refractivity contribution in [3.63, 3.8) is 0 Å². The van der Waals surface area contributed by atoms with Crippen molar-refractivity contribution in [2.45, 2.75) is 26.7 Å². The summed E-state index contributed by atoms with van der Waals surface area (Å²) in [7, 11) is 0. The SMILES string of the molecule is CCCN(CCC)c1cnnc(N2CCN(C=O)CC2)n1. The fourth-order valence-corrected chi connectivity index (χ4v) is 2.48. The quantitative estimate of drug-likeness (QED) is 0.692. The van der Waals surface area contributed by atoms with Gasteiger partial charge in [-0.1, -0.05) is 13.8 Å². The third-order valence-electron chi connectivity index (χ3n) is 3.59. The van der Waals surface area contributed by atoms with Crippen molar-refractivity contribution in [1.29, 1.82) is 0 Å². The molecule has 0 spiro atoms. The molecule has 1 aromatic rings. The van der Waals surface area contributed by atoms with Gasteiger partial charge in [0, 0.05) is 39.3 Å². The number of anilines is 2. The second kappa shape index (κ2) is 7.75. The minimum Gasteiger partial charge on any atom is -0.355 e. The molecule has 0 unspecified atom stereocenters. The average Bonchev–Trinajstić information content (AvgIpc) is 2.55. The lowest BCUT2D eigenvalue weighted by atomic mass is 10.3. The summed E-state index contributed by atoms with van der Waals surface area (Å²) in [5.41, 5.74) is 0. The van der Waals surface area contributed by atoms with Crippen molar-refractivity contribution < 1.29 is 4.79 Å². The number of amides is 1. The summed E-state index contributed by atoms with van der Waals surface area (Å²) in [5.74, 6) is 1.55. The molecule has 2 rings (SSSR count). The number of piperazine rings is 1. The van der Waals surface area contributed by atoms with Crippen molar-refractivity contribution in [1.82, 2.24) is 20.1 Å². The first-order valence-corrected chi connectivity index (χ1v) is 7.67. The van der Waals surface area contributed by atoms with Gasteiger partial charge >= 0.3 is 0 Å². The monoisotopic (exact) mass is 292 g/mol. The fourth-order valence-electron chi connectivity index (χ4n) is 2.48. The summed E-state index contributed by atoms with van der Waals surface area (Å²) in [6.45, 7) is 9.22. The number of hydrogen-bond acceptors (Lipinski definition) is 6. The Balaban J connectivity index is 2.08. The van der Waals surface area contributed by atoms with Crippen LogP contribution in [0.5, 0.6) is 0 Å². The lowest BCUT2D eigenvalue weighted by Gasteiger charge is -2.32. The Labute approximate surface area is 126 Å². The second-order valence-corrected chi connectivity index (χ2v) is 5.23. The van der Waals surface area contributed by atoms with E-state index in [0.717, 1.165) is 51.2 Å². The van der Waals surface area contributed by atoms with Crippen LogP contribution in [-0.4, -0.2) is 65.8 Å². The molecule has 1 fully saturated rings. The Hall–Kier alpha value is -1.92. The predicted molar refractivity (Wildman–Crippen MR) is 82.5 cm³/mol. The number of aromatic nitrogens is 3. The Morgan fingerprint density at radius 2 is 1.86 bits per heavy atom. The molecule has 0 saturated carbocycles. The standard InChI is InChI=1S/C14H24N6O/c1-3-5-19(6-4-2)13-11-15-17-14(16-13)20-9-7-18(12-21)8-10-20/h11-12H,3-10H2,1-2H3. The predicted octanol–water partition coefficient (Wildman–Crippen LogP) is 0.776. The highest BCUT2D eigenvalue weighted by Gasteiger charge is 2.19. The number of hydrogen-bond donors (Lipinski definition) is 0. The van der Waals surface area contributed by atoms with Crippen molar-refractivity contribution in [2.24, 2.45) is 0 Å². The Kier molecular flexibility index (Phi) is 5.71. The second-order valence-electron chi connectivity index (χ2n) is 5.23. The molecule has 116 valence electrons. The molecular formula is C14H24N6O. The zero-order valence-corrected chi connectivity index (χ0v) is 12.9. The fraction of sp³-hybridized carbons (Fsp3) is 0.714. The normalized spacial score (nSPS) is 15.1. The van der Waals surface area contributed by atoms with Crippen molar-refractivity contribution >= 4 is 18.2 Å². The summed E-state index contributed by atoms with van der Waals surface area (Å²) in [6, 6.07) is 0. The molecule has 0 aromatic carbocycles. The van der Waals surface area contributed by atoms with Gasteiger partial charge in [0.25, 0.3) is 0 Å². The van der Waals surface area contributed by atoms with Crippen LogP contribution in [0.15, 0.2) is 6.20 Å². The molecule has 2 heterocycles. The van der Waals surface area contributed by atoms with Crippen LogP contribution >= 0.6 is 0 Å². The Morgan fingerprint density at radius 1 is 1.19 bits per heavy atom. The van der Waals surface area contributed by atoms with Crippen LogP contribution in [-0.2, 0) is 4.79 Å². The molecule has 7 heteroatoms. The lowest BCUT2D eigenvalue weighted by Crippen LogP contribution is -2.46. The van der Waals surface area contributed by atoms with E-state index in [1.54, 1.807) is 11.1 Å². The zero-order valence-electron chi connectivity index (χ0n) is 12.9. The van der Waals surface area contributed by atoms with E-state index < -0.39 is 0 Å². The maximum Gasteiger partial charge on any atom is 0.247 e. The van der Waals surface area contributed by atoms with Crippen LogP contribution < -0.4 is 9.80 Å². The molecule has 0 atom stereocenters. The van der Waals surface area contributed by atoms with Gasteiger partial charge in [-0.2, -0.15) is 10.1 Å². The summed E-state index contributed by atoms with van der Waals surface area (Å²) in [4.78, 5) is 21.5. The molecule has 1 aliphatic heterocycles. The van der Waals surface area contributed by atoms with Crippen LogP contribution in [0, 0.1) is 0 Å². The van der Waals surface area contributed by atoms with Crippen LogP contribution in [0.1, 0.15) is 26.7 Å². The van der Waals surface area contributed by atoms with E-state index in [9.17, 15) is 4.79 Å². The zero-order chi connectivity index (χ0) is 15.1. The van der Waals surface area contributed by atoms with Crippen molar-refractivity contribution in [3.8, 4) is 0 Å². The minimum absolute atomic E-state index is 0.662. The van der Waals surface area contributed by atoms with E-state index in [0.29, 0.717) is 19.0 Å². The van der Waals surface area contributed by atoms with Gasteiger partial charge in [0.05, 0.1) is 6.20 Å². The van der Waals surface area contributed by atoms with Gasteiger partial charge in [-0.05, 0) is 12.8 Å². The van der Waals surface area contributed by atoms with Crippen molar-refractivity contribution in [3.05, 3.63) is 6.20 Å². The minimum atomic E-state index is 0.662. The van der Waals surface area contributed by atoms with Gasteiger partial charge in [-0.15, -0.1) is 5.10 Å². The van der Waals surface area contributed by atoms with Gasteiger partial charge in [0.1, 0.15) is 0 Å². The summed E-state index contributed by atoms with van der Waals surface area (Å²) in [6.07, 6.45) is 4.79. The van der Waals surface area contributed by atoms with Gasteiger partial charge in [-0.3, -0.25) is 4.79 Å². The maximum absolute atomic E-state index is 10.7. The summed E-state index contributed by atoms with van der Waals surface area (Å²) >= 11 is 0. The first-order valence-electron chi connectivity index (χ1n) is 7.67. The molecular weight excluding hydrogens is 268 g/mol. The van der Waals surface area contributed by atoms with Gasteiger partial charge in [0.2, 0.25) is 12.4 Å². The molecule has 0 aliphatic carbocycles. The van der Waals surface area contributed by atoms with E-state index in [1.165, 1.54) is 0 Å². The first-order chi connectivity index (χ1) is 10.3. The highest BCUT2D eigenvalue weighted by atomic mass is 16.1. The molecule has 1 aliphatic rings. The molecule has 0 radical (unpaired) electrons. The van der Waals surface area contributed by atoms with Gasteiger partial charge in [0.15, 0.2) is 5.82 Å². The number of rotatable bonds is 7. The summed E-state index contributed by atoms with van der Waals surface area (Å²) < 4.78 is 0. The van der Waals surface area contributed by atoms with E-state index >= 15 is 0 Å². The topological polar surface area (TPSA) is 65.5 Å².